The van der Waals surface area contributed by atoms with Gasteiger partial charge in [-0.3, -0.25) is 14.7 Å². The summed E-state index contributed by atoms with van der Waals surface area (Å²) < 4.78 is 2.52. The van der Waals surface area contributed by atoms with Crippen LogP contribution in [0.5, 0.6) is 0 Å². The minimum atomic E-state index is 0.0192. The maximum atomic E-state index is 13.0. The van der Waals surface area contributed by atoms with Crippen LogP contribution in [0.3, 0.4) is 0 Å². The monoisotopic (exact) mass is 647 g/mol. The number of carbonyl (C=O) groups excluding carboxylic acids is 1. The van der Waals surface area contributed by atoms with Crippen LogP contribution in [0.25, 0.3) is 0 Å². The first-order valence-electron chi connectivity index (χ1n) is 21.2. The zero-order chi connectivity index (χ0) is 33.4. The number of hydrogen-bond donors (Lipinski definition) is 2. The third-order valence-corrected chi connectivity index (χ3v) is 11.1. The Balaban J connectivity index is 2.17. The number of rotatable bonds is 35. The van der Waals surface area contributed by atoms with E-state index < -0.39 is 0 Å². The Bertz CT molecular complexity index is 707. The lowest BCUT2D eigenvalue weighted by molar-refractivity contribution is -0.603. The highest BCUT2D eigenvalue weighted by Crippen LogP contribution is 2.29. The molecule has 272 valence electrons. The Hall–Kier alpha value is -1.06. The van der Waals surface area contributed by atoms with Crippen molar-refractivity contribution in [2.24, 2.45) is 0 Å². The average Bonchev–Trinajstić information content (AvgIpc) is 3.60. The maximum Gasteiger partial charge on any atom is 0.232 e. The van der Waals surface area contributed by atoms with E-state index in [1.54, 1.807) is 0 Å². The van der Waals surface area contributed by atoms with Gasteiger partial charge in [-0.2, -0.15) is 0 Å². The smallest absolute Gasteiger partial charge is 0.232 e. The molecule has 0 aromatic heterocycles. The fourth-order valence-electron chi connectivity index (χ4n) is 7.80. The summed E-state index contributed by atoms with van der Waals surface area (Å²) in [6, 6.07) is 0.166. The summed E-state index contributed by atoms with van der Waals surface area (Å²) in [7, 11) is 0. The highest BCUT2D eigenvalue weighted by molar-refractivity contribution is 5.76. The Morgan fingerprint density at radius 1 is 0.609 bits per heavy atom. The molecule has 46 heavy (non-hydrogen) atoms. The normalized spacial score (nSPS) is 15.0. The summed E-state index contributed by atoms with van der Waals surface area (Å²) in [4.78, 5) is 13.0. The van der Waals surface area contributed by atoms with E-state index in [1.807, 2.05) is 0 Å². The first kappa shape index (κ1) is 43.0. The van der Waals surface area contributed by atoms with Crippen LogP contribution in [0.2, 0.25) is 0 Å². The maximum absolute atomic E-state index is 13.0. The quantitative estimate of drug-likeness (QED) is 0.0531. The van der Waals surface area contributed by atoms with Crippen molar-refractivity contribution in [1.82, 2.24) is 10.6 Å². The van der Waals surface area contributed by atoms with Crippen LogP contribution in [0.1, 0.15) is 233 Å². The van der Waals surface area contributed by atoms with E-state index in [1.165, 1.54) is 186 Å². The Labute approximate surface area is 289 Å². The average molecular weight is 647 g/mol. The molecule has 4 heteroatoms. The van der Waals surface area contributed by atoms with Gasteiger partial charge >= 0.3 is 0 Å². The van der Waals surface area contributed by atoms with E-state index in [2.05, 4.69) is 49.2 Å². The van der Waals surface area contributed by atoms with Crippen LogP contribution in [-0.2, 0) is 4.79 Å². The number of carbonyl (C=O) groups is 1. The van der Waals surface area contributed by atoms with Crippen LogP contribution in [-0.4, -0.2) is 41.5 Å². The van der Waals surface area contributed by atoms with E-state index in [4.69, 9.17) is 0 Å². The second kappa shape index (κ2) is 31.2. The zero-order valence-corrected chi connectivity index (χ0v) is 32.1. The molecule has 0 spiro atoms. The molecule has 0 aliphatic carbocycles. The van der Waals surface area contributed by atoms with Crippen LogP contribution in [0, 0.1) is 0 Å². The predicted molar refractivity (Wildman–Crippen MR) is 204 cm³/mol. The van der Waals surface area contributed by atoms with Crippen molar-refractivity contribution in [3.63, 3.8) is 0 Å². The van der Waals surface area contributed by atoms with Crippen molar-refractivity contribution in [1.29, 1.82) is 0 Å². The summed E-state index contributed by atoms with van der Waals surface area (Å²) >= 11 is 0. The third-order valence-electron chi connectivity index (χ3n) is 11.1. The molecule has 1 aliphatic rings. The molecule has 1 amide bonds. The fourth-order valence-corrected chi connectivity index (χ4v) is 7.80. The van der Waals surface area contributed by atoms with E-state index >= 15 is 0 Å². The largest absolute Gasteiger partial charge is 0.349 e. The van der Waals surface area contributed by atoms with Gasteiger partial charge in [0.25, 0.3) is 0 Å². The van der Waals surface area contributed by atoms with E-state index in [0.717, 1.165) is 25.9 Å². The molecule has 0 saturated heterocycles. The van der Waals surface area contributed by atoms with Crippen molar-refractivity contribution < 1.29 is 9.37 Å². The van der Waals surface area contributed by atoms with Crippen LogP contribution in [0.15, 0.2) is 0 Å². The standard InChI is InChI=1S/C42H83N3O/c1-5-8-10-12-14-16-18-20-22-23-25-27-29-31-33-35-41(46)44-40(4)42(7-3,45-38-37-43-39-45)36-34-32-30-28-26-24-21-19-17-15-13-11-9-6-2/h39-40H,5-38H2,1-4H3,(H,44,46)/p+1. The van der Waals surface area contributed by atoms with Crippen LogP contribution >= 0.6 is 0 Å². The fraction of sp³-hybridized carbons (Fsp3) is 0.952. The molecule has 1 rings (SSSR count). The lowest BCUT2D eigenvalue weighted by Gasteiger charge is -2.38. The Kier molecular flexibility index (Phi) is 29.2. The van der Waals surface area contributed by atoms with Gasteiger partial charge in [0.1, 0.15) is 18.6 Å². The predicted octanol–water partition coefficient (Wildman–Crippen LogP) is 12.4. The van der Waals surface area contributed by atoms with Gasteiger partial charge in [0.15, 0.2) is 0 Å². The van der Waals surface area contributed by atoms with Gasteiger partial charge in [-0.1, -0.05) is 194 Å². The molecule has 2 atom stereocenters. The molecule has 2 unspecified atom stereocenters. The van der Waals surface area contributed by atoms with E-state index in [0.29, 0.717) is 6.42 Å². The van der Waals surface area contributed by atoms with Gasteiger partial charge in [0, 0.05) is 6.42 Å². The lowest BCUT2D eigenvalue weighted by atomic mass is 9.81. The molecule has 1 aliphatic heterocycles. The summed E-state index contributed by atoms with van der Waals surface area (Å²) in [5.41, 5.74) is 0.0192. The van der Waals surface area contributed by atoms with Gasteiger partial charge in [0.2, 0.25) is 12.2 Å². The molecule has 0 saturated carbocycles. The van der Waals surface area contributed by atoms with Gasteiger partial charge in [-0.15, -0.1) is 0 Å². The van der Waals surface area contributed by atoms with E-state index in [9.17, 15) is 4.79 Å². The molecular weight excluding hydrogens is 562 g/mol. The second-order valence-electron chi connectivity index (χ2n) is 15.1. The summed E-state index contributed by atoms with van der Waals surface area (Å²) in [6.45, 7) is 11.2. The number of hydrogen-bond acceptors (Lipinski definition) is 2. The topological polar surface area (TPSA) is 44.1 Å². The molecule has 0 fully saturated rings. The first-order chi connectivity index (χ1) is 22.6. The van der Waals surface area contributed by atoms with E-state index in [-0.39, 0.29) is 17.5 Å². The van der Waals surface area contributed by atoms with Gasteiger partial charge in [0.05, 0.1) is 6.04 Å². The molecule has 0 aromatic carbocycles. The van der Waals surface area contributed by atoms with Crippen molar-refractivity contribution >= 4 is 12.2 Å². The summed E-state index contributed by atoms with van der Waals surface area (Å²) in [6.07, 6.45) is 45.1. The van der Waals surface area contributed by atoms with Gasteiger partial charge in [-0.05, 0) is 32.6 Å². The Morgan fingerprint density at radius 3 is 1.33 bits per heavy atom. The number of amides is 1. The second-order valence-corrected chi connectivity index (χ2v) is 15.1. The first-order valence-corrected chi connectivity index (χ1v) is 21.2. The molecule has 0 radical (unpaired) electrons. The van der Waals surface area contributed by atoms with Crippen molar-refractivity contribution in [2.45, 2.75) is 245 Å². The highest BCUT2D eigenvalue weighted by atomic mass is 16.1. The molecule has 4 nitrogen and oxygen atoms in total. The van der Waals surface area contributed by atoms with Crippen molar-refractivity contribution in [3.8, 4) is 0 Å². The lowest BCUT2D eigenvalue weighted by Crippen LogP contribution is -2.57. The minimum Gasteiger partial charge on any atom is -0.349 e. The summed E-state index contributed by atoms with van der Waals surface area (Å²) in [5, 5.41) is 6.91. The number of nitrogens with one attached hydrogen (secondary N) is 2. The summed E-state index contributed by atoms with van der Waals surface area (Å²) in [5.74, 6) is 0.258. The van der Waals surface area contributed by atoms with Gasteiger partial charge < -0.3 is 5.32 Å². The molecule has 0 bridgehead atoms. The highest BCUT2D eigenvalue weighted by Gasteiger charge is 2.42. The van der Waals surface area contributed by atoms with Gasteiger partial charge in [-0.25, -0.2) is 0 Å². The minimum absolute atomic E-state index is 0.0192. The SMILES string of the molecule is CCCCCCCCCCCCCCCCCC(=O)NC(C)C(CC)(CCCCCCCCCCCCCCCC)[N+]1=CNCC1. The van der Waals surface area contributed by atoms with Crippen LogP contribution in [0.4, 0.5) is 0 Å². The molecule has 0 aromatic rings. The Morgan fingerprint density at radius 2 is 0.978 bits per heavy atom. The number of unbranched alkanes of at least 4 members (excludes halogenated alkanes) is 27. The molecule has 2 N–H and O–H groups in total. The molecular formula is C42H84N3O+. The molecule has 1 heterocycles. The van der Waals surface area contributed by atoms with Crippen molar-refractivity contribution in [2.75, 3.05) is 13.1 Å². The third kappa shape index (κ3) is 21.7. The zero-order valence-electron chi connectivity index (χ0n) is 32.1. The number of nitrogens with zero attached hydrogens (tertiary/aromatic N) is 1. The van der Waals surface area contributed by atoms with Crippen molar-refractivity contribution in [3.05, 3.63) is 0 Å². The van der Waals surface area contributed by atoms with Crippen LogP contribution < -0.4 is 10.6 Å².